The van der Waals surface area contributed by atoms with E-state index in [9.17, 15) is 5.11 Å². The molecule has 0 aliphatic heterocycles. The van der Waals surface area contributed by atoms with Gasteiger partial charge in [0, 0.05) is 0 Å². The van der Waals surface area contributed by atoms with E-state index in [0.717, 1.165) is 30.9 Å². The van der Waals surface area contributed by atoms with Gasteiger partial charge in [0.1, 0.15) is 0 Å². The molecule has 1 N–H and O–H groups in total. The molecule has 2 rings (SSSR count). The Morgan fingerprint density at radius 3 is 3.00 bits per heavy atom. The van der Waals surface area contributed by atoms with Crippen LogP contribution in [0.25, 0.3) is 0 Å². The van der Waals surface area contributed by atoms with Crippen molar-refractivity contribution in [1.29, 1.82) is 0 Å². The number of hydrogen-bond acceptors (Lipinski definition) is 3. The van der Waals surface area contributed by atoms with Gasteiger partial charge in [-0.15, -0.1) is 0 Å². The van der Waals surface area contributed by atoms with Crippen LogP contribution < -0.4 is 4.74 Å². The minimum atomic E-state index is -0.271. The molecule has 3 unspecified atom stereocenters. The summed E-state index contributed by atoms with van der Waals surface area (Å²) in [4.78, 5) is 0. The lowest BCUT2D eigenvalue weighted by Crippen LogP contribution is -2.31. The fourth-order valence-corrected chi connectivity index (χ4v) is 2.78. The molecule has 1 aromatic heterocycles. The third-order valence-corrected chi connectivity index (χ3v) is 3.74. The summed E-state index contributed by atoms with van der Waals surface area (Å²) in [6, 6.07) is 0.115. The quantitative estimate of drug-likeness (QED) is 0.876. The third kappa shape index (κ3) is 2.80. The van der Waals surface area contributed by atoms with E-state index in [0.29, 0.717) is 0 Å². The van der Waals surface area contributed by atoms with Crippen LogP contribution in [0.15, 0.2) is 12.4 Å². The minimum Gasteiger partial charge on any atom is -0.493 e. The number of hydrogen-bond donors (Lipinski definition) is 1. The van der Waals surface area contributed by atoms with Gasteiger partial charge in [0.2, 0.25) is 0 Å². The highest BCUT2D eigenvalue weighted by Gasteiger charge is 2.30. The first-order valence-corrected chi connectivity index (χ1v) is 6.50. The molecule has 1 aliphatic rings. The van der Waals surface area contributed by atoms with Gasteiger partial charge in [-0.2, -0.15) is 5.10 Å². The Hall–Kier alpha value is -1.03. The monoisotopic (exact) mass is 238 g/mol. The number of nitrogens with zero attached hydrogens (tertiary/aromatic N) is 2. The van der Waals surface area contributed by atoms with Gasteiger partial charge in [-0.25, -0.2) is 0 Å². The number of methoxy groups -OCH3 is 1. The number of aliphatic hydroxyl groups is 1. The molecule has 0 saturated heterocycles. The highest BCUT2D eigenvalue weighted by Crippen LogP contribution is 2.35. The Kier molecular flexibility index (Phi) is 4.05. The zero-order valence-corrected chi connectivity index (χ0v) is 10.7. The Balaban J connectivity index is 2.06. The second kappa shape index (κ2) is 5.54. The van der Waals surface area contributed by atoms with Crippen LogP contribution >= 0.6 is 0 Å². The van der Waals surface area contributed by atoms with E-state index in [4.69, 9.17) is 4.74 Å². The highest BCUT2D eigenvalue weighted by atomic mass is 16.5. The standard InChI is InChI=1S/C13H22N2O2/c1-3-4-10-5-6-13(16)12(7-10)15-9-11(17-2)8-14-15/h8-10,12-13,16H,3-7H2,1-2H3. The second-order valence-electron chi connectivity index (χ2n) is 4.96. The minimum absolute atomic E-state index is 0.115. The average molecular weight is 238 g/mol. The largest absolute Gasteiger partial charge is 0.493 e. The summed E-state index contributed by atoms with van der Waals surface area (Å²) in [5.41, 5.74) is 0. The van der Waals surface area contributed by atoms with E-state index >= 15 is 0 Å². The first-order chi connectivity index (χ1) is 8.24. The van der Waals surface area contributed by atoms with Crippen LogP contribution in [0.1, 0.15) is 45.1 Å². The van der Waals surface area contributed by atoms with Crippen LogP contribution in [-0.4, -0.2) is 28.1 Å². The molecule has 0 bridgehead atoms. The Labute approximate surface area is 103 Å². The smallest absolute Gasteiger partial charge is 0.156 e. The van der Waals surface area contributed by atoms with Crippen molar-refractivity contribution in [2.24, 2.45) is 5.92 Å². The number of aliphatic hydroxyl groups excluding tert-OH is 1. The summed E-state index contributed by atoms with van der Waals surface area (Å²) in [6.45, 7) is 2.22. The molecular formula is C13H22N2O2. The molecule has 0 radical (unpaired) electrons. The molecule has 4 nitrogen and oxygen atoms in total. The van der Waals surface area contributed by atoms with Crippen molar-refractivity contribution in [3.05, 3.63) is 12.4 Å². The lowest BCUT2D eigenvalue weighted by Gasteiger charge is -2.33. The molecule has 1 aliphatic carbocycles. The van der Waals surface area contributed by atoms with Crippen molar-refractivity contribution in [1.82, 2.24) is 9.78 Å². The number of ether oxygens (including phenoxy) is 1. The van der Waals surface area contributed by atoms with E-state index in [1.807, 2.05) is 10.9 Å². The van der Waals surface area contributed by atoms with Crippen LogP contribution in [0.3, 0.4) is 0 Å². The Morgan fingerprint density at radius 1 is 1.53 bits per heavy atom. The van der Waals surface area contributed by atoms with Crippen molar-refractivity contribution in [3.8, 4) is 5.75 Å². The summed E-state index contributed by atoms with van der Waals surface area (Å²) in [5.74, 6) is 1.48. The topological polar surface area (TPSA) is 47.3 Å². The van der Waals surface area contributed by atoms with Crippen LogP contribution in [0.2, 0.25) is 0 Å². The second-order valence-corrected chi connectivity index (χ2v) is 4.96. The maximum atomic E-state index is 10.1. The van der Waals surface area contributed by atoms with Gasteiger partial charge in [0.25, 0.3) is 0 Å². The van der Waals surface area contributed by atoms with Gasteiger partial charge in [-0.3, -0.25) is 4.68 Å². The summed E-state index contributed by atoms with van der Waals surface area (Å²) < 4.78 is 7.00. The van der Waals surface area contributed by atoms with Crippen molar-refractivity contribution in [3.63, 3.8) is 0 Å². The van der Waals surface area contributed by atoms with E-state index in [-0.39, 0.29) is 12.1 Å². The van der Waals surface area contributed by atoms with Crippen LogP contribution in [0.4, 0.5) is 0 Å². The summed E-state index contributed by atoms with van der Waals surface area (Å²) in [7, 11) is 1.64. The van der Waals surface area contributed by atoms with Crippen molar-refractivity contribution < 1.29 is 9.84 Å². The normalized spacial score (nSPS) is 29.2. The first-order valence-electron chi connectivity index (χ1n) is 6.50. The first kappa shape index (κ1) is 12.4. The van der Waals surface area contributed by atoms with Crippen molar-refractivity contribution >= 4 is 0 Å². The molecule has 1 saturated carbocycles. The van der Waals surface area contributed by atoms with Crippen LogP contribution in [0.5, 0.6) is 5.75 Å². The fourth-order valence-electron chi connectivity index (χ4n) is 2.78. The Bertz CT molecular complexity index is 351. The molecule has 1 heterocycles. The van der Waals surface area contributed by atoms with Gasteiger partial charge < -0.3 is 9.84 Å². The van der Waals surface area contributed by atoms with Gasteiger partial charge >= 0.3 is 0 Å². The highest BCUT2D eigenvalue weighted by molar-refractivity contribution is 5.12. The molecule has 17 heavy (non-hydrogen) atoms. The van der Waals surface area contributed by atoms with E-state index in [1.54, 1.807) is 13.3 Å². The predicted molar refractivity (Wildman–Crippen MR) is 66.1 cm³/mol. The molecule has 0 aromatic carbocycles. The zero-order chi connectivity index (χ0) is 12.3. The summed E-state index contributed by atoms with van der Waals surface area (Å²) in [6.07, 6.45) is 8.84. The third-order valence-electron chi connectivity index (χ3n) is 3.74. The molecule has 1 fully saturated rings. The lowest BCUT2D eigenvalue weighted by molar-refractivity contribution is 0.0464. The fraction of sp³-hybridized carbons (Fsp3) is 0.769. The summed E-state index contributed by atoms with van der Waals surface area (Å²) in [5, 5.41) is 14.4. The molecule has 1 aromatic rings. The van der Waals surface area contributed by atoms with Gasteiger partial charge in [0.15, 0.2) is 5.75 Å². The number of aromatic nitrogens is 2. The molecule has 0 spiro atoms. The maximum absolute atomic E-state index is 10.1. The maximum Gasteiger partial charge on any atom is 0.156 e. The Morgan fingerprint density at radius 2 is 2.35 bits per heavy atom. The van der Waals surface area contributed by atoms with Gasteiger partial charge in [-0.1, -0.05) is 19.8 Å². The molecular weight excluding hydrogens is 216 g/mol. The SMILES string of the molecule is CCCC1CCC(O)C(n2cc(OC)cn2)C1. The summed E-state index contributed by atoms with van der Waals surface area (Å²) >= 11 is 0. The molecule has 4 heteroatoms. The average Bonchev–Trinajstić information content (AvgIpc) is 2.80. The zero-order valence-electron chi connectivity index (χ0n) is 10.7. The lowest BCUT2D eigenvalue weighted by atomic mass is 9.81. The molecule has 3 atom stereocenters. The van der Waals surface area contributed by atoms with Crippen molar-refractivity contribution in [2.75, 3.05) is 7.11 Å². The van der Waals surface area contributed by atoms with Crippen molar-refractivity contribution in [2.45, 2.75) is 51.2 Å². The predicted octanol–water partition coefficient (Wildman–Crippen LogP) is 2.39. The van der Waals surface area contributed by atoms with Gasteiger partial charge in [0.05, 0.1) is 31.6 Å². The molecule has 96 valence electrons. The molecule has 0 amide bonds. The van der Waals surface area contributed by atoms with E-state index in [2.05, 4.69) is 12.0 Å². The van der Waals surface area contributed by atoms with Gasteiger partial charge in [-0.05, 0) is 25.2 Å². The van der Waals surface area contributed by atoms with Crippen LogP contribution in [-0.2, 0) is 0 Å². The van der Waals surface area contributed by atoms with E-state index in [1.165, 1.54) is 12.8 Å². The van der Waals surface area contributed by atoms with Crippen LogP contribution in [0, 0.1) is 5.92 Å². The van der Waals surface area contributed by atoms with E-state index < -0.39 is 0 Å². The number of rotatable bonds is 4.